The minimum absolute atomic E-state index is 0. The van der Waals surface area contributed by atoms with Crippen LogP contribution in [0.2, 0.25) is 5.15 Å². The molecular formula is C21H25ClFIN6. The third kappa shape index (κ3) is 6.66. The van der Waals surface area contributed by atoms with Crippen molar-refractivity contribution in [3.8, 4) is 5.69 Å². The van der Waals surface area contributed by atoms with E-state index < -0.39 is 0 Å². The molecule has 3 rings (SSSR count). The molecule has 2 heterocycles. The lowest BCUT2D eigenvalue weighted by Gasteiger charge is -2.12. The highest BCUT2D eigenvalue weighted by Gasteiger charge is 2.08. The van der Waals surface area contributed by atoms with Gasteiger partial charge in [0.05, 0.1) is 12.2 Å². The van der Waals surface area contributed by atoms with E-state index in [2.05, 4.69) is 25.6 Å². The number of nitrogens with zero attached hydrogens (tertiary/aromatic N) is 4. The summed E-state index contributed by atoms with van der Waals surface area (Å²) in [5.74, 6) is 1.13. The van der Waals surface area contributed by atoms with Gasteiger partial charge in [-0.25, -0.2) is 19.4 Å². The first-order chi connectivity index (χ1) is 14.1. The highest BCUT2D eigenvalue weighted by molar-refractivity contribution is 14.0. The van der Waals surface area contributed by atoms with Crippen LogP contribution in [0.1, 0.15) is 23.9 Å². The lowest BCUT2D eigenvalue weighted by molar-refractivity contribution is 0.614. The van der Waals surface area contributed by atoms with Crippen molar-refractivity contribution in [1.82, 2.24) is 25.2 Å². The number of guanidine groups is 1. The number of hydrogen-bond acceptors (Lipinski definition) is 3. The van der Waals surface area contributed by atoms with Crippen LogP contribution in [0.25, 0.3) is 5.69 Å². The Bertz CT molecular complexity index is 974. The summed E-state index contributed by atoms with van der Waals surface area (Å²) in [6, 6.07) is 8.88. The lowest BCUT2D eigenvalue weighted by atomic mass is 10.2. The third-order valence-electron chi connectivity index (χ3n) is 4.36. The molecule has 0 atom stereocenters. The lowest BCUT2D eigenvalue weighted by Crippen LogP contribution is -2.38. The zero-order valence-corrected chi connectivity index (χ0v) is 20.0. The zero-order chi connectivity index (χ0) is 20.6. The summed E-state index contributed by atoms with van der Waals surface area (Å²) >= 11 is 5.81. The summed E-state index contributed by atoms with van der Waals surface area (Å²) < 4.78 is 16.3. The number of halogens is 3. The second-order valence-electron chi connectivity index (χ2n) is 6.49. The van der Waals surface area contributed by atoms with E-state index in [1.807, 2.05) is 26.0 Å². The number of benzene rings is 1. The second kappa shape index (κ2) is 11.8. The van der Waals surface area contributed by atoms with Crippen LogP contribution in [0.3, 0.4) is 0 Å². The van der Waals surface area contributed by atoms with Crippen molar-refractivity contribution in [2.45, 2.75) is 26.8 Å². The van der Waals surface area contributed by atoms with Gasteiger partial charge in [-0.1, -0.05) is 23.7 Å². The maximum absolute atomic E-state index is 14.5. The predicted molar refractivity (Wildman–Crippen MR) is 129 cm³/mol. The van der Waals surface area contributed by atoms with Gasteiger partial charge in [-0.05, 0) is 49.6 Å². The van der Waals surface area contributed by atoms with Gasteiger partial charge < -0.3 is 15.2 Å². The van der Waals surface area contributed by atoms with E-state index in [4.69, 9.17) is 11.6 Å². The van der Waals surface area contributed by atoms with Gasteiger partial charge in [0.2, 0.25) is 0 Å². The van der Waals surface area contributed by atoms with Crippen LogP contribution in [0, 0.1) is 12.7 Å². The average Bonchev–Trinajstić information content (AvgIpc) is 3.13. The van der Waals surface area contributed by atoms with Crippen LogP contribution in [0.15, 0.2) is 53.9 Å². The van der Waals surface area contributed by atoms with E-state index >= 15 is 0 Å². The normalized spacial score (nSPS) is 11.1. The fourth-order valence-electron chi connectivity index (χ4n) is 2.87. The molecule has 2 aromatic heterocycles. The minimum atomic E-state index is -0.299. The SMILES string of the molecule is CCNC(=NCc1ccc(-n2ccnc2C)c(F)c1)NCCc1ccc(Cl)nc1.I. The zero-order valence-electron chi connectivity index (χ0n) is 16.9. The molecule has 0 amide bonds. The fraction of sp³-hybridized carbons (Fsp3) is 0.286. The first-order valence-electron chi connectivity index (χ1n) is 9.48. The van der Waals surface area contributed by atoms with Crippen molar-refractivity contribution in [1.29, 1.82) is 0 Å². The summed E-state index contributed by atoms with van der Waals surface area (Å²) in [6.45, 7) is 5.65. The first kappa shape index (κ1) is 24.1. The van der Waals surface area contributed by atoms with Crippen LogP contribution < -0.4 is 10.6 Å². The molecule has 30 heavy (non-hydrogen) atoms. The van der Waals surface area contributed by atoms with Crippen LogP contribution in [-0.2, 0) is 13.0 Å². The van der Waals surface area contributed by atoms with Crippen LogP contribution in [0.4, 0.5) is 4.39 Å². The Morgan fingerprint density at radius 2 is 1.97 bits per heavy atom. The maximum atomic E-state index is 14.5. The van der Waals surface area contributed by atoms with Crippen LogP contribution in [0.5, 0.6) is 0 Å². The quantitative estimate of drug-likeness (QED) is 0.202. The van der Waals surface area contributed by atoms with E-state index in [1.165, 1.54) is 6.07 Å². The molecule has 0 aliphatic heterocycles. The predicted octanol–water partition coefficient (Wildman–Crippen LogP) is 4.28. The Hall–Kier alpha value is -2.20. The molecule has 3 aromatic rings. The van der Waals surface area contributed by atoms with Gasteiger partial charge in [-0.15, -0.1) is 24.0 Å². The summed E-state index contributed by atoms with van der Waals surface area (Å²) in [6.07, 6.45) is 5.96. The molecule has 1 aromatic carbocycles. The smallest absolute Gasteiger partial charge is 0.191 e. The van der Waals surface area contributed by atoms with Gasteiger partial charge in [0.25, 0.3) is 0 Å². The topological polar surface area (TPSA) is 67.1 Å². The van der Waals surface area contributed by atoms with Crippen molar-refractivity contribution in [3.63, 3.8) is 0 Å². The number of pyridine rings is 1. The number of aliphatic imine (C=N–C) groups is 1. The van der Waals surface area contributed by atoms with Crippen molar-refractivity contribution in [2.75, 3.05) is 13.1 Å². The van der Waals surface area contributed by atoms with Gasteiger partial charge in [0.1, 0.15) is 16.8 Å². The summed E-state index contributed by atoms with van der Waals surface area (Å²) in [5, 5.41) is 6.97. The minimum Gasteiger partial charge on any atom is -0.357 e. The highest BCUT2D eigenvalue weighted by Crippen LogP contribution is 2.17. The first-order valence-corrected chi connectivity index (χ1v) is 9.86. The molecule has 0 radical (unpaired) electrons. The number of aryl methyl sites for hydroxylation is 1. The molecule has 2 N–H and O–H groups in total. The Labute approximate surface area is 198 Å². The Morgan fingerprint density at radius 1 is 1.17 bits per heavy atom. The van der Waals surface area contributed by atoms with E-state index in [1.54, 1.807) is 35.3 Å². The summed E-state index contributed by atoms with van der Waals surface area (Å²) in [5.41, 5.74) is 2.36. The number of rotatable bonds is 7. The van der Waals surface area contributed by atoms with E-state index in [0.717, 1.165) is 29.9 Å². The number of nitrogens with one attached hydrogen (secondary N) is 2. The molecule has 160 valence electrons. The molecule has 0 saturated carbocycles. The van der Waals surface area contributed by atoms with Crippen molar-refractivity contribution in [3.05, 3.63) is 76.8 Å². The van der Waals surface area contributed by atoms with Crippen LogP contribution in [-0.4, -0.2) is 33.6 Å². The molecular weight excluding hydrogens is 518 g/mol. The number of aromatic nitrogens is 3. The molecule has 0 aliphatic carbocycles. The Kier molecular flexibility index (Phi) is 9.51. The van der Waals surface area contributed by atoms with E-state index in [9.17, 15) is 4.39 Å². The summed E-state index contributed by atoms with van der Waals surface area (Å²) in [7, 11) is 0. The van der Waals surface area contributed by atoms with Gasteiger partial charge >= 0.3 is 0 Å². The van der Waals surface area contributed by atoms with Crippen molar-refractivity contribution < 1.29 is 4.39 Å². The standard InChI is InChI=1S/C21H24ClFN6.HI/c1-3-24-21(26-9-8-16-5-7-20(22)27-13-16)28-14-17-4-6-19(18(23)12-17)29-11-10-25-15(29)2;/h4-7,10-13H,3,8-9,14H2,1-2H3,(H2,24,26,28);1H. The molecule has 9 heteroatoms. The van der Waals surface area contributed by atoms with Crippen LogP contribution >= 0.6 is 35.6 Å². The summed E-state index contributed by atoms with van der Waals surface area (Å²) in [4.78, 5) is 12.8. The Balaban J connectivity index is 0.00000320. The van der Waals surface area contributed by atoms with Gasteiger partial charge in [0.15, 0.2) is 5.96 Å². The van der Waals surface area contributed by atoms with Gasteiger partial charge in [-0.3, -0.25) is 0 Å². The Morgan fingerprint density at radius 3 is 2.60 bits per heavy atom. The van der Waals surface area contributed by atoms with Gasteiger partial charge in [-0.2, -0.15) is 0 Å². The van der Waals surface area contributed by atoms with Crippen molar-refractivity contribution in [2.24, 2.45) is 4.99 Å². The van der Waals surface area contributed by atoms with Crippen molar-refractivity contribution >= 4 is 41.5 Å². The van der Waals surface area contributed by atoms with Gasteiger partial charge in [0, 0.05) is 31.7 Å². The second-order valence-corrected chi connectivity index (χ2v) is 6.88. The molecule has 0 bridgehead atoms. The van der Waals surface area contributed by atoms with E-state index in [-0.39, 0.29) is 29.8 Å². The third-order valence-corrected chi connectivity index (χ3v) is 4.58. The molecule has 0 saturated heterocycles. The highest BCUT2D eigenvalue weighted by atomic mass is 127. The number of imidazole rings is 1. The molecule has 0 aliphatic rings. The average molecular weight is 543 g/mol. The maximum Gasteiger partial charge on any atom is 0.191 e. The monoisotopic (exact) mass is 542 g/mol. The largest absolute Gasteiger partial charge is 0.357 e. The number of hydrogen-bond donors (Lipinski definition) is 2. The molecule has 6 nitrogen and oxygen atoms in total. The fourth-order valence-corrected chi connectivity index (χ4v) is 2.98. The molecule has 0 fully saturated rings. The molecule has 0 spiro atoms. The van der Waals surface area contributed by atoms with E-state index in [0.29, 0.717) is 29.9 Å². The molecule has 0 unspecified atom stereocenters.